The lowest BCUT2D eigenvalue weighted by Gasteiger charge is -2.11. The van der Waals surface area contributed by atoms with Crippen molar-refractivity contribution < 1.29 is 12.8 Å². The molecule has 1 aromatic heterocycles. The van der Waals surface area contributed by atoms with Crippen LogP contribution in [0.3, 0.4) is 0 Å². The van der Waals surface area contributed by atoms with Gasteiger partial charge in [-0.3, -0.25) is 9.71 Å². The van der Waals surface area contributed by atoms with Gasteiger partial charge in [0.15, 0.2) is 0 Å². The number of pyridine rings is 1. The van der Waals surface area contributed by atoms with Crippen LogP contribution in [-0.2, 0) is 10.0 Å². The number of benzene rings is 1. The molecule has 2 aromatic rings. The highest BCUT2D eigenvalue weighted by Gasteiger charge is 2.19. The van der Waals surface area contributed by atoms with Gasteiger partial charge >= 0.3 is 0 Å². The zero-order valence-electron chi connectivity index (χ0n) is 10.1. The molecule has 19 heavy (non-hydrogen) atoms. The summed E-state index contributed by atoms with van der Waals surface area (Å²) in [5.74, 6) is -0.487. The molecule has 0 fully saturated rings. The third-order valence-corrected chi connectivity index (χ3v) is 4.03. The number of nitrogens with one attached hydrogen (secondary N) is 1. The largest absolute Gasteiger partial charge is 0.398 e. The van der Waals surface area contributed by atoms with Gasteiger partial charge in [0.2, 0.25) is 0 Å². The van der Waals surface area contributed by atoms with Gasteiger partial charge in [0.05, 0.1) is 11.4 Å². The van der Waals surface area contributed by atoms with Crippen molar-refractivity contribution in [2.24, 2.45) is 0 Å². The topological polar surface area (TPSA) is 85.1 Å². The van der Waals surface area contributed by atoms with E-state index in [1.807, 2.05) is 0 Å². The predicted molar refractivity (Wildman–Crippen MR) is 70.6 cm³/mol. The summed E-state index contributed by atoms with van der Waals surface area (Å²) in [5.41, 5.74) is 6.06. The minimum Gasteiger partial charge on any atom is -0.398 e. The Morgan fingerprint density at radius 2 is 2.05 bits per heavy atom. The molecule has 0 aliphatic heterocycles. The van der Waals surface area contributed by atoms with Gasteiger partial charge in [-0.1, -0.05) is 6.07 Å². The van der Waals surface area contributed by atoms with Crippen molar-refractivity contribution >= 4 is 21.4 Å². The number of hydrogen-bond acceptors (Lipinski definition) is 4. The van der Waals surface area contributed by atoms with Crippen LogP contribution < -0.4 is 10.5 Å². The van der Waals surface area contributed by atoms with Crippen LogP contribution in [0.2, 0.25) is 0 Å². The second kappa shape index (κ2) is 4.85. The van der Waals surface area contributed by atoms with Gasteiger partial charge in [-0.2, -0.15) is 0 Å². The molecule has 7 heteroatoms. The van der Waals surface area contributed by atoms with Crippen molar-refractivity contribution in [3.8, 4) is 0 Å². The van der Waals surface area contributed by atoms with Crippen molar-refractivity contribution in [3.63, 3.8) is 0 Å². The van der Waals surface area contributed by atoms with E-state index in [0.717, 1.165) is 6.20 Å². The lowest BCUT2D eigenvalue weighted by molar-refractivity contribution is 0.600. The fraction of sp³-hybridized carbons (Fsp3) is 0.0833. The maximum Gasteiger partial charge on any atom is 0.265 e. The van der Waals surface area contributed by atoms with Crippen LogP contribution in [0.4, 0.5) is 15.8 Å². The highest BCUT2D eigenvalue weighted by molar-refractivity contribution is 7.92. The maximum atomic E-state index is 13.4. The fourth-order valence-electron chi connectivity index (χ4n) is 1.53. The molecule has 0 bridgehead atoms. The fourth-order valence-corrected chi connectivity index (χ4v) is 2.73. The van der Waals surface area contributed by atoms with Gasteiger partial charge in [0.25, 0.3) is 10.0 Å². The molecule has 1 aromatic carbocycles. The van der Waals surface area contributed by atoms with Crippen molar-refractivity contribution in [1.29, 1.82) is 0 Å². The molecule has 3 N–H and O–H groups in total. The van der Waals surface area contributed by atoms with Crippen LogP contribution in [0.5, 0.6) is 0 Å². The Morgan fingerprint density at radius 1 is 1.32 bits per heavy atom. The normalized spacial score (nSPS) is 11.3. The third-order valence-electron chi connectivity index (χ3n) is 2.62. The summed E-state index contributed by atoms with van der Waals surface area (Å²) in [6, 6.07) is 5.54. The molecule has 1 heterocycles. The summed E-state index contributed by atoms with van der Waals surface area (Å²) < 4.78 is 39.9. The zero-order valence-corrected chi connectivity index (χ0v) is 10.9. The van der Waals surface area contributed by atoms with Gasteiger partial charge in [-0.05, 0) is 25.1 Å². The number of aromatic nitrogens is 1. The first-order valence-electron chi connectivity index (χ1n) is 5.39. The smallest absolute Gasteiger partial charge is 0.265 e. The summed E-state index contributed by atoms with van der Waals surface area (Å²) in [4.78, 5) is 3.58. The number of hydrogen-bond donors (Lipinski definition) is 2. The van der Waals surface area contributed by atoms with Crippen molar-refractivity contribution in [3.05, 3.63) is 48.0 Å². The van der Waals surface area contributed by atoms with E-state index in [1.54, 1.807) is 0 Å². The Balaban J connectivity index is 2.43. The lowest BCUT2D eigenvalue weighted by Crippen LogP contribution is -2.16. The number of nitrogen functional groups attached to an aromatic ring is 1. The molecular formula is C12H12FN3O2S. The highest BCUT2D eigenvalue weighted by Crippen LogP contribution is 2.23. The van der Waals surface area contributed by atoms with Crippen molar-refractivity contribution in [2.45, 2.75) is 11.8 Å². The number of sulfonamides is 1. The Hall–Kier alpha value is -2.15. The molecule has 0 aliphatic rings. The van der Waals surface area contributed by atoms with Gasteiger partial charge in [0.1, 0.15) is 10.7 Å². The van der Waals surface area contributed by atoms with E-state index in [2.05, 4.69) is 9.71 Å². The van der Waals surface area contributed by atoms with Crippen molar-refractivity contribution in [2.75, 3.05) is 10.5 Å². The lowest BCUT2D eigenvalue weighted by atomic mass is 10.2. The summed E-state index contributed by atoms with van der Waals surface area (Å²) in [6.07, 6.45) is 2.54. The molecule has 0 amide bonds. The molecule has 2 rings (SSSR count). The Morgan fingerprint density at radius 3 is 2.74 bits per heavy atom. The van der Waals surface area contributed by atoms with Crippen molar-refractivity contribution in [1.82, 2.24) is 4.98 Å². The maximum absolute atomic E-state index is 13.4. The SMILES string of the molecule is Cc1c(F)cccc1NS(=O)(=O)c1cnccc1N. The second-order valence-corrected chi connectivity index (χ2v) is 5.58. The van der Waals surface area contributed by atoms with Crippen LogP contribution in [-0.4, -0.2) is 13.4 Å². The average Bonchev–Trinajstić information content (AvgIpc) is 2.35. The van der Waals surface area contributed by atoms with E-state index in [9.17, 15) is 12.8 Å². The molecule has 0 atom stereocenters. The second-order valence-electron chi connectivity index (χ2n) is 3.93. The van der Waals surface area contributed by atoms with Crippen LogP contribution in [0.25, 0.3) is 0 Å². The van der Waals surface area contributed by atoms with Gasteiger partial charge in [-0.25, -0.2) is 12.8 Å². The standard InChI is InChI=1S/C12H12FN3O2S/c1-8-9(13)3-2-4-11(8)16-19(17,18)12-7-15-6-5-10(12)14/h2-7,16H,1H3,(H2,14,15). The van der Waals surface area contributed by atoms with Gasteiger partial charge in [0, 0.05) is 18.0 Å². The number of nitrogens with two attached hydrogens (primary N) is 1. The van der Waals surface area contributed by atoms with Crippen LogP contribution in [0.1, 0.15) is 5.56 Å². The first kappa shape index (κ1) is 13.3. The number of anilines is 2. The van der Waals surface area contributed by atoms with Gasteiger partial charge < -0.3 is 5.73 Å². The molecule has 0 saturated heterocycles. The first-order chi connectivity index (χ1) is 8.92. The molecule has 0 saturated carbocycles. The summed E-state index contributed by atoms with van der Waals surface area (Å²) in [7, 11) is -3.89. The van der Waals surface area contributed by atoms with E-state index in [1.165, 1.54) is 37.4 Å². The summed E-state index contributed by atoms with van der Waals surface area (Å²) in [5, 5.41) is 0. The van der Waals surface area contributed by atoms with E-state index < -0.39 is 15.8 Å². The summed E-state index contributed by atoms with van der Waals surface area (Å²) >= 11 is 0. The van der Waals surface area contributed by atoms with E-state index >= 15 is 0 Å². The molecule has 0 aliphatic carbocycles. The molecule has 5 nitrogen and oxygen atoms in total. The minimum atomic E-state index is -3.89. The number of rotatable bonds is 3. The number of nitrogens with zero attached hydrogens (tertiary/aromatic N) is 1. The van der Waals surface area contributed by atoms with Crippen LogP contribution in [0.15, 0.2) is 41.6 Å². The van der Waals surface area contributed by atoms with E-state index in [0.29, 0.717) is 0 Å². The average molecular weight is 281 g/mol. The highest BCUT2D eigenvalue weighted by atomic mass is 32.2. The Labute approximate surface area is 110 Å². The van der Waals surface area contributed by atoms with Crippen LogP contribution in [0, 0.1) is 12.7 Å². The zero-order chi connectivity index (χ0) is 14.0. The molecule has 0 unspecified atom stereocenters. The monoisotopic (exact) mass is 281 g/mol. The minimum absolute atomic E-state index is 0.0801. The first-order valence-corrected chi connectivity index (χ1v) is 6.87. The molecule has 100 valence electrons. The quantitative estimate of drug-likeness (QED) is 0.900. The third kappa shape index (κ3) is 2.65. The Kier molecular flexibility index (Phi) is 3.39. The molecule has 0 spiro atoms. The van der Waals surface area contributed by atoms with E-state index in [-0.39, 0.29) is 21.8 Å². The molecular weight excluding hydrogens is 269 g/mol. The number of halogens is 1. The predicted octanol–water partition coefficient (Wildman–Crippen LogP) is 1.91. The van der Waals surface area contributed by atoms with Crippen LogP contribution >= 0.6 is 0 Å². The van der Waals surface area contributed by atoms with Gasteiger partial charge in [-0.15, -0.1) is 0 Å². The Bertz CT molecular complexity index is 717. The van der Waals surface area contributed by atoms with E-state index in [4.69, 9.17) is 5.73 Å². The molecule has 0 radical (unpaired) electrons. The summed E-state index contributed by atoms with van der Waals surface area (Å²) in [6.45, 7) is 1.49.